The van der Waals surface area contributed by atoms with Gasteiger partial charge in [0.15, 0.2) is 0 Å². The summed E-state index contributed by atoms with van der Waals surface area (Å²) in [5.74, 6) is 1.94. The summed E-state index contributed by atoms with van der Waals surface area (Å²) in [6, 6.07) is 8.65. The van der Waals surface area contributed by atoms with Gasteiger partial charge in [-0.05, 0) is 24.5 Å². The van der Waals surface area contributed by atoms with E-state index in [9.17, 15) is 0 Å². The number of benzene rings is 1. The van der Waals surface area contributed by atoms with Crippen molar-refractivity contribution in [2.24, 2.45) is 4.99 Å². The lowest BCUT2D eigenvalue weighted by Gasteiger charge is -2.12. The normalized spacial score (nSPS) is 24.4. The quantitative estimate of drug-likeness (QED) is 0.884. The fourth-order valence-electron chi connectivity index (χ4n) is 2.96. The minimum atomic E-state index is 0.636. The van der Waals surface area contributed by atoms with Gasteiger partial charge in [-0.2, -0.15) is 0 Å². The van der Waals surface area contributed by atoms with Gasteiger partial charge in [0.2, 0.25) is 0 Å². The molecule has 1 fully saturated rings. The maximum atomic E-state index is 4.76. The third kappa shape index (κ3) is 2.22. The van der Waals surface area contributed by atoms with Crippen molar-refractivity contribution in [2.75, 3.05) is 32.0 Å². The summed E-state index contributed by atoms with van der Waals surface area (Å²) in [7, 11) is 2.15. The Kier molecular flexibility index (Phi) is 3.22. The first-order valence-corrected chi connectivity index (χ1v) is 6.92. The first-order chi connectivity index (χ1) is 8.84. The summed E-state index contributed by atoms with van der Waals surface area (Å²) in [6.07, 6.45) is 3.58. The maximum Gasteiger partial charge on any atom is 0.0986 e. The second-order valence-corrected chi connectivity index (χ2v) is 5.28. The highest BCUT2D eigenvalue weighted by Crippen LogP contribution is 2.33. The smallest absolute Gasteiger partial charge is 0.0986 e. The molecule has 0 radical (unpaired) electrons. The van der Waals surface area contributed by atoms with Crippen LogP contribution in [0.25, 0.3) is 0 Å². The molecule has 18 heavy (non-hydrogen) atoms. The molecule has 1 unspecified atom stereocenters. The molecule has 96 valence electrons. The molecule has 0 spiro atoms. The molecular formula is C15H21N3. The van der Waals surface area contributed by atoms with E-state index in [4.69, 9.17) is 4.99 Å². The number of hydrogen-bond donors (Lipinski definition) is 1. The van der Waals surface area contributed by atoms with E-state index in [0.29, 0.717) is 5.92 Å². The van der Waals surface area contributed by atoms with Gasteiger partial charge in [-0.25, -0.2) is 0 Å². The van der Waals surface area contributed by atoms with E-state index < -0.39 is 0 Å². The van der Waals surface area contributed by atoms with Gasteiger partial charge < -0.3 is 10.2 Å². The molecule has 1 aromatic rings. The van der Waals surface area contributed by atoms with Gasteiger partial charge in [0.1, 0.15) is 0 Å². The number of hydrogen-bond acceptors (Lipinski definition) is 2. The van der Waals surface area contributed by atoms with Crippen LogP contribution in [0.4, 0.5) is 5.69 Å². The largest absolute Gasteiger partial charge is 0.384 e. The van der Waals surface area contributed by atoms with Gasteiger partial charge in [0.05, 0.1) is 5.84 Å². The van der Waals surface area contributed by atoms with Crippen LogP contribution in [-0.2, 0) is 0 Å². The molecule has 2 aliphatic heterocycles. The van der Waals surface area contributed by atoms with Crippen LogP contribution in [0.15, 0.2) is 29.3 Å². The highest BCUT2D eigenvalue weighted by atomic mass is 15.2. The van der Waals surface area contributed by atoms with Gasteiger partial charge in [-0.1, -0.05) is 18.2 Å². The summed E-state index contributed by atoms with van der Waals surface area (Å²) in [6.45, 7) is 3.20. The first-order valence-electron chi connectivity index (χ1n) is 6.92. The standard InChI is InChI=1S/C15H21N3/c1-18-10-4-7-15(18)16-9-8-12-11-17-14-6-3-2-5-13(12)14/h2-3,5-6,12,17H,4,7-11H2,1H3. The molecule has 0 saturated carbocycles. The van der Waals surface area contributed by atoms with Crippen LogP contribution in [0.5, 0.6) is 0 Å². The van der Waals surface area contributed by atoms with E-state index in [0.717, 1.165) is 25.9 Å². The summed E-state index contributed by atoms with van der Waals surface area (Å²) in [5.41, 5.74) is 2.78. The molecule has 1 atom stereocenters. The molecule has 1 saturated heterocycles. The van der Waals surface area contributed by atoms with Crippen molar-refractivity contribution in [3.63, 3.8) is 0 Å². The highest BCUT2D eigenvalue weighted by molar-refractivity contribution is 5.83. The van der Waals surface area contributed by atoms with E-state index >= 15 is 0 Å². The average Bonchev–Trinajstić information content (AvgIpc) is 2.97. The SMILES string of the molecule is CN1CCCC1=NCCC1CNc2ccccc21. The second-order valence-electron chi connectivity index (χ2n) is 5.28. The van der Waals surface area contributed by atoms with Crippen LogP contribution in [0, 0.1) is 0 Å². The molecule has 0 amide bonds. The van der Waals surface area contributed by atoms with Crippen molar-refractivity contribution in [1.29, 1.82) is 0 Å². The Hall–Kier alpha value is -1.51. The van der Waals surface area contributed by atoms with Crippen molar-refractivity contribution < 1.29 is 0 Å². The lowest BCUT2D eigenvalue weighted by atomic mass is 9.98. The van der Waals surface area contributed by atoms with Crippen LogP contribution in [-0.4, -0.2) is 37.4 Å². The Morgan fingerprint density at radius 3 is 3.11 bits per heavy atom. The van der Waals surface area contributed by atoms with E-state index in [2.05, 4.69) is 41.5 Å². The van der Waals surface area contributed by atoms with Gasteiger partial charge in [0.25, 0.3) is 0 Å². The van der Waals surface area contributed by atoms with Gasteiger partial charge in [-0.15, -0.1) is 0 Å². The average molecular weight is 243 g/mol. The summed E-state index contributed by atoms with van der Waals surface area (Å²) in [4.78, 5) is 7.05. The van der Waals surface area contributed by atoms with Crippen molar-refractivity contribution in [1.82, 2.24) is 4.90 Å². The molecule has 3 nitrogen and oxygen atoms in total. The Morgan fingerprint density at radius 1 is 1.39 bits per heavy atom. The van der Waals surface area contributed by atoms with Gasteiger partial charge in [0, 0.05) is 44.7 Å². The zero-order valence-electron chi connectivity index (χ0n) is 11.0. The van der Waals surface area contributed by atoms with Crippen molar-refractivity contribution >= 4 is 11.5 Å². The fraction of sp³-hybridized carbons (Fsp3) is 0.533. The molecule has 1 aromatic carbocycles. The van der Waals surface area contributed by atoms with Gasteiger partial charge >= 0.3 is 0 Å². The van der Waals surface area contributed by atoms with E-state index in [-0.39, 0.29) is 0 Å². The van der Waals surface area contributed by atoms with Crippen LogP contribution in [0.3, 0.4) is 0 Å². The number of nitrogens with zero attached hydrogens (tertiary/aromatic N) is 2. The Balaban J connectivity index is 1.59. The molecule has 2 heterocycles. The minimum absolute atomic E-state index is 0.636. The Labute approximate surface area is 109 Å². The van der Waals surface area contributed by atoms with Crippen molar-refractivity contribution in [3.8, 4) is 0 Å². The molecule has 0 aliphatic carbocycles. The van der Waals surface area contributed by atoms with Crippen LogP contribution in [0.2, 0.25) is 0 Å². The first kappa shape index (κ1) is 11.6. The topological polar surface area (TPSA) is 27.6 Å². The number of fused-ring (bicyclic) bond motifs is 1. The zero-order valence-corrected chi connectivity index (χ0v) is 11.0. The predicted octanol–water partition coefficient (Wildman–Crippen LogP) is 2.71. The Bertz CT molecular complexity index is 453. The van der Waals surface area contributed by atoms with Crippen LogP contribution < -0.4 is 5.32 Å². The Morgan fingerprint density at radius 2 is 2.28 bits per heavy atom. The molecule has 1 N–H and O–H groups in total. The number of para-hydroxylation sites is 1. The van der Waals surface area contributed by atoms with Crippen molar-refractivity contribution in [3.05, 3.63) is 29.8 Å². The van der Waals surface area contributed by atoms with E-state index in [1.165, 1.54) is 30.1 Å². The third-order valence-electron chi connectivity index (χ3n) is 4.05. The fourth-order valence-corrected chi connectivity index (χ4v) is 2.96. The third-order valence-corrected chi connectivity index (χ3v) is 4.05. The second kappa shape index (κ2) is 5.01. The number of anilines is 1. The van der Waals surface area contributed by atoms with Crippen LogP contribution in [0.1, 0.15) is 30.7 Å². The zero-order chi connectivity index (χ0) is 12.4. The molecule has 3 heteroatoms. The van der Waals surface area contributed by atoms with Gasteiger partial charge in [-0.3, -0.25) is 4.99 Å². The minimum Gasteiger partial charge on any atom is -0.384 e. The summed E-state index contributed by atoms with van der Waals surface area (Å²) < 4.78 is 0. The van der Waals surface area contributed by atoms with Crippen molar-refractivity contribution in [2.45, 2.75) is 25.2 Å². The molecule has 0 aromatic heterocycles. The highest BCUT2D eigenvalue weighted by Gasteiger charge is 2.21. The number of amidine groups is 1. The molecule has 3 rings (SSSR count). The lowest BCUT2D eigenvalue weighted by molar-refractivity contribution is 0.546. The molecular weight excluding hydrogens is 222 g/mol. The van der Waals surface area contributed by atoms with Crippen LogP contribution >= 0.6 is 0 Å². The number of rotatable bonds is 3. The molecule has 2 aliphatic rings. The maximum absolute atomic E-state index is 4.76. The summed E-state index contributed by atoms with van der Waals surface area (Å²) in [5, 5.41) is 3.48. The van der Waals surface area contributed by atoms with E-state index in [1.54, 1.807) is 0 Å². The number of nitrogens with one attached hydrogen (secondary N) is 1. The predicted molar refractivity (Wildman–Crippen MR) is 76.5 cm³/mol. The lowest BCUT2D eigenvalue weighted by Crippen LogP contribution is -2.19. The van der Waals surface area contributed by atoms with E-state index in [1.807, 2.05) is 0 Å². The number of likely N-dealkylation sites (tertiary alicyclic amines) is 1. The molecule has 0 bridgehead atoms. The summed E-state index contributed by atoms with van der Waals surface area (Å²) >= 11 is 0. The monoisotopic (exact) mass is 243 g/mol. The number of aliphatic imine (C=N–C) groups is 1.